The predicted octanol–water partition coefficient (Wildman–Crippen LogP) is 4.49. The van der Waals surface area contributed by atoms with Crippen LogP contribution in [0.25, 0.3) is 0 Å². The summed E-state index contributed by atoms with van der Waals surface area (Å²) in [5.74, 6) is -1.93. The molecule has 4 atom stereocenters. The molecule has 9 heteroatoms. The molecular formula is C24H31Cl2FN2O4. The zero-order valence-electron chi connectivity index (χ0n) is 18.7. The number of aliphatic hydroxyl groups is 1. The molecule has 182 valence electrons. The smallest absolute Gasteiger partial charge is 0.223 e. The standard InChI is InChI=1S/C24H31Cl2FN2O4/c1-12(30)28-11-15-8-14(9-17(15)31)23(33)29-22(24-5-2-13(3-6-24)4-7-24)19-20(26)16(25)10-18(32)21(19)27/h10,13-15,17,22,31-32H,2-9,11H2,1H3,(H,28,30)(H,29,33)/t13?,14-,15+,17+,22+,24?/m0/s1. The van der Waals surface area contributed by atoms with Crippen molar-refractivity contribution in [1.82, 2.24) is 10.6 Å². The molecule has 4 saturated carbocycles. The third kappa shape index (κ3) is 4.82. The molecule has 4 aliphatic rings. The summed E-state index contributed by atoms with van der Waals surface area (Å²) in [5, 5.41) is 26.4. The number of amides is 2. The van der Waals surface area contributed by atoms with E-state index in [1.807, 2.05) is 0 Å². The van der Waals surface area contributed by atoms with Gasteiger partial charge >= 0.3 is 0 Å². The highest BCUT2D eigenvalue weighted by molar-refractivity contribution is 6.42. The van der Waals surface area contributed by atoms with Crippen molar-refractivity contribution in [1.29, 1.82) is 0 Å². The number of phenolic OH excluding ortho intramolecular Hbond substituents is 1. The van der Waals surface area contributed by atoms with Gasteiger partial charge in [0.1, 0.15) is 0 Å². The van der Waals surface area contributed by atoms with Crippen molar-refractivity contribution in [2.45, 2.75) is 70.4 Å². The van der Waals surface area contributed by atoms with Crippen LogP contribution in [0.4, 0.5) is 4.39 Å². The molecule has 1 aromatic rings. The molecule has 0 heterocycles. The van der Waals surface area contributed by atoms with Gasteiger partial charge in [-0.2, -0.15) is 0 Å². The predicted molar refractivity (Wildman–Crippen MR) is 123 cm³/mol. The minimum Gasteiger partial charge on any atom is -0.505 e. The molecule has 0 radical (unpaired) electrons. The van der Waals surface area contributed by atoms with Crippen LogP contribution in [0.1, 0.15) is 69.9 Å². The van der Waals surface area contributed by atoms with Crippen LogP contribution >= 0.6 is 23.2 Å². The Morgan fingerprint density at radius 2 is 1.85 bits per heavy atom. The van der Waals surface area contributed by atoms with E-state index in [1.165, 1.54) is 6.92 Å². The molecule has 33 heavy (non-hydrogen) atoms. The fourth-order valence-electron chi connectivity index (χ4n) is 6.18. The Bertz CT molecular complexity index is 896. The van der Waals surface area contributed by atoms with Crippen LogP contribution < -0.4 is 10.6 Å². The number of carbonyl (C=O) groups excluding carboxylic acids is 2. The molecule has 4 N–H and O–H groups in total. The third-order valence-corrected chi connectivity index (χ3v) is 8.95. The van der Waals surface area contributed by atoms with Crippen LogP contribution in [0.2, 0.25) is 10.0 Å². The molecule has 6 nitrogen and oxygen atoms in total. The fourth-order valence-corrected chi connectivity index (χ4v) is 6.63. The third-order valence-electron chi connectivity index (χ3n) is 8.15. The first kappa shape index (κ1) is 24.6. The lowest BCUT2D eigenvalue weighted by Gasteiger charge is -2.51. The number of fused-ring (bicyclic) bond motifs is 3. The Balaban J connectivity index is 1.62. The number of carbonyl (C=O) groups is 2. The summed E-state index contributed by atoms with van der Waals surface area (Å²) in [6.45, 7) is 1.71. The summed E-state index contributed by atoms with van der Waals surface area (Å²) in [6, 6.07) is 0.353. The minimum absolute atomic E-state index is 0.00864. The molecule has 4 fully saturated rings. The van der Waals surface area contributed by atoms with Crippen LogP contribution in [-0.4, -0.2) is 34.7 Å². The van der Waals surface area contributed by atoms with Crippen molar-refractivity contribution < 1.29 is 24.2 Å². The summed E-state index contributed by atoms with van der Waals surface area (Å²) in [6.07, 6.45) is 5.54. The molecule has 2 amide bonds. The van der Waals surface area contributed by atoms with Gasteiger partial charge in [0.25, 0.3) is 0 Å². The lowest BCUT2D eigenvalue weighted by molar-refractivity contribution is -0.128. The van der Waals surface area contributed by atoms with Crippen molar-refractivity contribution >= 4 is 35.0 Å². The lowest BCUT2D eigenvalue weighted by Crippen LogP contribution is -2.48. The average Bonchev–Trinajstić information content (AvgIpc) is 3.17. The molecule has 0 aliphatic heterocycles. The van der Waals surface area contributed by atoms with Gasteiger partial charge in [0.05, 0.1) is 22.2 Å². The Morgan fingerprint density at radius 3 is 2.45 bits per heavy atom. The Hall–Kier alpha value is -1.57. The maximum atomic E-state index is 15.3. The summed E-state index contributed by atoms with van der Waals surface area (Å²) < 4.78 is 15.3. The molecule has 0 aromatic heterocycles. The molecule has 0 unspecified atom stereocenters. The minimum atomic E-state index is -0.855. The van der Waals surface area contributed by atoms with Gasteiger partial charge in [-0.25, -0.2) is 4.39 Å². The van der Waals surface area contributed by atoms with Gasteiger partial charge < -0.3 is 20.8 Å². The summed E-state index contributed by atoms with van der Waals surface area (Å²) in [5.41, 5.74) is -0.317. The van der Waals surface area contributed by atoms with E-state index in [0.717, 1.165) is 44.6 Å². The van der Waals surface area contributed by atoms with Crippen LogP contribution in [0.3, 0.4) is 0 Å². The maximum absolute atomic E-state index is 15.3. The highest BCUT2D eigenvalue weighted by Gasteiger charge is 2.49. The average molecular weight is 501 g/mol. The molecule has 0 spiro atoms. The van der Waals surface area contributed by atoms with E-state index >= 15 is 4.39 Å². The largest absolute Gasteiger partial charge is 0.505 e. The van der Waals surface area contributed by atoms with Crippen molar-refractivity contribution in [2.24, 2.45) is 23.2 Å². The monoisotopic (exact) mass is 500 g/mol. The van der Waals surface area contributed by atoms with Crippen LogP contribution in [-0.2, 0) is 9.59 Å². The second-order valence-corrected chi connectivity index (χ2v) is 10.9. The van der Waals surface area contributed by atoms with Crippen molar-refractivity contribution in [3.8, 4) is 5.75 Å². The first-order valence-corrected chi connectivity index (χ1v) is 12.5. The summed E-state index contributed by atoms with van der Waals surface area (Å²) in [4.78, 5) is 24.6. The van der Waals surface area contributed by atoms with Gasteiger partial charge in [0.15, 0.2) is 11.6 Å². The number of nitrogens with one attached hydrogen (secondary N) is 2. The Kier molecular flexibility index (Phi) is 7.13. The van der Waals surface area contributed by atoms with Gasteiger partial charge in [-0.1, -0.05) is 23.2 Å². The van der Waals surface area contributed by atoms with E-state index in [4.69, 9.17) is 23.2 Å². The number of aromatic hydroxyl groups is 1. The summed E-state index contributed by atoms with van der Waals surface area (Å²) >= 11 is 12.7. The normalized spacial score (nSPS) is 31.9. The Labute approximate surface area is 203 Å². The fraction of sp³-hybridized carbons (Fsp3) is 0.667. The van der Waals surface area contributed by atoms with Crippen LogP contribution in [0, 0.1) is 29.0 Å². The van der Waals surface area contributed by atoms with E-state index < -0.39 is 29.6 Å². The van der Waals surface area contributed by atoms with Gasteiger partial charge in [-0.3, -0.25) is 9.59 Å². The van der Waals surface area contributed by atoms with Crippen LogP contribution in [0.5, 0.6) is 5.75 Å². The van der Waals surface area contributed by atoms with E-state index in [-0.39, 0.29) is 45.2 Å². The van der Waals surface area contributed by atoms with E-state index in [1.54, 1.807) is 0 Å². The number of phenols is 1. The van der Waals surface area contributed by atoms with Crippen molar-refractivity contribution in [3.05, 3.63) is 27.5 Å². The first-order valence-electron chi connectivity index (χ1n) is 11.7. The number of hydrogen-bond donors (Lipinski definition) is 4. The van der Waals surface area contributed by atoms with Crippen molar-refractivity contribution in [2.75, 3.05) is 6.54 Å². The second kappa shape index (κ2) is 9.59. The number of benzene rings is 1. The van der Waals surface area contributed by atoms with Gasteiger partial charge in [-0.15, -0.1) is 0 Å². The topological polar surface area (TPSA) is 98.7 Å². The molecular weight excluding hydrogens is 470 g/mol. The Morgan fingerprint density at radius 1 is 1.21 bits per heavy atom. The van der Waals surface area contributed by atoms with Gasteiger partial charge in [0, 0.05) is 36.9 Å². The molecule has 2 bridgehead atoms. The zero-order chi connectivity index (χ0) is 23.9. The van der Waals surface area contributed by atoms with E-state index in [9.17, 15) is 19.8 Å². The molecule has 5 rings (SSSR count). The number of hydrogen-bond acceptors (Lipinski definition) is 4. The highest BCUT2D eigenvalue weighted by Crippen LogP contribution is 2.58. The van der Waals surface area contributed by atoms with Crippen LogP contribution in [0.15, 0.2) is 6.07 Å². The first-order chi connectivity index (χ1) is 15.6. The highest BCUT2D eigenvalue weighted by atomic mass is 35.5. The lowest BCUT2D eigenvalue weighted by atomic mass is 9.56. The molecule has 4 aliphatic carbocycles. The SMILES string of the molecule is CC(=O)NC[C@H]1C[C@H](C(=O)N[C@H](c2c(F)c(O)cc(Cl)c2Cl)C23CCC(CC2)CC3)C[C@H]1O. The molecule has 0 saturated heterocycles. The molecule has 1 aromatic carbocycles. The second-order valence-electron chi connectivity index (χ2n) is 10.1. The number of halogens is 3. The zero-order valence-corrected chi connectivity index (χ0v) is 20.2. The van der Waals surface area contributed by atoms with E-state index in [0.29, 0.717) is 18.9 Å². The summed E-state index contributed by atoms with van der Waals surface area (Å²) in [7, 11) is 0. The van der Waals surface area contributed by atoms with Gasteiger partial charge in [-0.05, 0) is 62.7 Å². The maximum Gasteiger partial charge on any atom is 0.223 e. The van der Waals surface area contributed by atoms with Crippen molar-refractivity contribution in [3.63, 3.8) is 0 Å². The number of aliphatic hydroxyl groups excluding tert-OH is 1. The van der Waals surface area contributed by atoms with Gasteiger partial charge in [0.2, 0.25) is 11.8 Å². The quantitative estimate of drug-likeness (QED) is 0.432. The number of rotatable bonds is 6. The van der Waals surface area contributed by atoms with E-state index in [2.05, 4.69) is 10.6 Å².